The number of halogens is 1. The summed E-state index contributed by atoms with van der Waals surface area (Å²) in [6.45, 7) is 7.91. The van der Waals surface area contributed by atoms with Gasteiger partial charge < -0.3 is 15.4 Å². The first-order valence-electron chi connectivity index (χ1n) is 9.73. The lowest BCUT2D eigenvalue weighted by molar-refractivity contribution is 0.143. The number of nitrogens with one attached hydrogen (secondary N) is 2. The molecular formula is C20H33BrN4O. The van der Waals surface area contributed by atoms with E-state index in [4.69, 9.17) is 4.74 Å². The van der Waals surface area contributed by atoms with Gasteiger partial charge in [0.1, 0.15) is 0 Å². The molecule has 6 heteroatoms. The Morgan fingerprint density at radius 3 is 2.62 bits per heavy atom. The quantitative estimate of drug-likeness (QED) is 0.362. The zero-order valence-electron chi connectivity index (χ0n) is 16.1. The highest BCUT2D eigenvalue weighted by Crippen LogP contribution is 2.16. The van der Waals surface area contributed by atoms with Crippen molar-refractivity contribution in [3.8, 4) is 0 Å². The molecule has 0 amide bonds. The van der Waals surface area contributed by atoms with E-state index in [1.54, 1.807) is 0 Å². The average molecular weight is 425 g/mol. The second-order valence-electron chi connectivity index (χ2n) is 6.72. The summed E-state index contributed by atoms with van der Waals surface area (Å²) in [5.74, 6) is 0.924. The van der Waals surface area contributed by atoms with Crippen LogP contribution in [0.5, 0.6) is 0 Å². The molecule has 1 aliphatic heterocycles. The van der Waals surface area contributed by atoms with Crippen molar-refractivity contribution in [2.75, 3.05) is 39.9 Å². The van der Waals surface area contributed by atoms with Crippen LogP contribution in [0.2, 0.25) is 0 Å². The van der Waals surface area contributed by atoms with Crippen molar-refractivity contribution in [1.82, 2.24) is 15.5 Å². The fourth-order valence-corrected chi connectivity index (χ4v) is 3.42. The molecule has 0 atom stereocenters. The van der Waals surface area contributed by atoms with Crippen molar-refractivity contribution < 1.29 is 4.74 Å². The van der Waals surface area contributed by atoms with Gasteiger partial charge in [0.2, 0.25) is 0 Å². The standard InChI is InChI=1S/C20H33BrN4O/c1-3-26-15-5-4-12-23-20(22-2)24-19-10-13-25(14-11-19)16-17-6-8-18(21)9-7-17/h6-9,19H,3-5,10-16H2,1-2H3,(H2,22,23,24). The molecule has 26 heavy (non-hydrogen) atoms. The van der Waals surface area contributed by atoms with E-state index in [1.807, 2.05) is 14.0 Å². The Morgan fingerprint density at radius 2 is 1.96 bits per heavy atom. The number of ether oxygens (including phenoxy) is 1. The molecule has 1 heterocycles. The Balaban J connectivity index is 1.62. The predicted octanol–water partition coefficient (Wildman–Crippen LogP) is 3.40. The largest absolute Gasteiger partial charge is 0.382 e. The molecule has 0 saturated carbocycles. The number of piperidine rings is 1. The first-order valence-corrected chi connectivity index (χ1v) is 10.5. The molecule has 0 aliphatic carbocycles. The van der Waals surface area contributed by atoms with E-state index in [2.05, 4.69) is 60.7 Å². The lowest BCUT2D eigenvalue weighted by Gasteiger charge is -2.33. The number of aliphatic imine (C=N–C) groups is 1. The Kier molecular flexibility index (Phi) is 10.0. The molecule has 1 aromatic rings. The minimum atomic E-state index is 0.505. The van der Waals surface area contributed by atoms with E-state index in [-0.39, 0.29) is 0 Å². The normalized spacial score (nSPS) is 16.7. The minimum Gasteiger partial charge on any atom is -0.382 e. The van der Waals surface area contributed by atoms with Gasteiger partial charge in [0.15, 0.2) is 5.96 Å². The third-order valence-corrected chi connectivity index (χ3v) is 5.21. The van der Waals surface area contributed by atoms with Crippen molar-refractivity contribution in [1.29, 1.82) is 0 Å². The first-order chi connectivity index (χ1) is 12.7. The first kappa shape index (κ1) is 21.2. The number of benzene rings is 1. The summed E-state index contributed by atoms with van der Waals surface area (Å²) in [4.78, 5) is 6.89. The number of hydrogen-bond donors (Lipinski definition) is 2. The van der Waals surface area contributed by atoms with Crippen molar-refractivity contribution in [2.24, 2.45) is 4.99 Å². The molecule has 0 radical (unpaired) electrons. The summed E-state index contributed by atoms with van der Waals surface area (Å²) in [6.07, 6.45) is 4.50. The molecule has 1 saturated heterocycles. The molecule has 0 aromatic heterocycles. The summed E-state index contributed by atoms with van der Waals surface area (Å²) in [5.41, 5.74) is 1.38. The zero-order valence-corrected chi connectivity index (χ0v) is 17.7. The summed E-state index contributed by atoms with van der Waals surface area (Å²) in [7, 11) is 1.85. The average Bonchev–Trinajstić information content (AvgIpc) is 2.67. The maximum absolute atomic E-state index is 5.37. The molecule has 0 unspecified atom stereocenters. The summed E-state index contributed by atoms with van der Waals surface area (Å²) in [6, 6.07) is 9.14. The van der Waals surface area contributed by atoms with Crippen molar-refractivity contribution >= 4 is 21.9 Å². The van der Waals surface area contributed by atoms with Crippen molar-refractivity contribution in [3.05, 3.63) is 34.3 Å². The summed E-state index contributed by atoms with van der Waals surface area (Å²) in [5, 5.41) is 6.99. The summed E-state index contributed by atoms with van der Waals surface area (Å²) >= 11 is 3.50. The molecule has 0 bridgehead atoms. The number of hydrogen-bond acceptors (Lipinski definition) is 3. The smallest absolute Gasteiger partial charge is 0.191 e. The lowest BCUT2D eigenvalue weighted by atomic mass is 10.0. The van der Waals surface area contributed by atoms with Crippen LogP contribution in [0.15, 0.2) is 33.7 Å². The monoisotopic (exact) mass is 424 g/mol. The number of unbranched alkanes of at least 4 members (excludes halogenated alkanes) is 1. The van der Waals surface area contributed by atoms with Crippen LogP contribution >= 0.6 is 15.9 Å². The number of nitrogens with zero attached hydrogens (tertiary/aromatic N) is 2. The van der Waals surface area contributed by atoms with Crippen molar-refractivity contribution in [2.45, 2.75) is 45.2 Å². The number of guanidine groups is 1. The lowest BCUT2D eigenvalue weighted by Crippen LogP contribution is -2.48. The molecule has 5 nitrogen and oxygen atoms in total. The van der Waals surface area contributed by atoms with E-state index in [0.717, 1.165) is 75.5 Å². The Bertz CT molecular complexity index is 527. The van der Waals surface area contributed by atoms with E-state index in [9.17, 15) is 0 Å². The van der Waals surface area contributed by atoms with Gasteiger partial charge in [-0.2, -0.15) is 0 Å². The fourth-order valence-electron chi connectivity index (χ4n) is 3.15. The second kappa shape index (κ2) is 12.3. The van der Waals surface area contributed by atoms with Gasteiger partial charge in [0.05, 0.1) is 0 Å². The van der Waals surface area contributed by atoms with Gasteiger partial charge in [-0.3, -0.25) is 9.89 Å². The third-order valence-electron chi connectivity index (χ3n) is 4.68. The van der Waals surface area contributed by atoms with E-state index >= 15 is 0 Å². The van der Waals surface area contributed by atoms with Gasteiger partial charge in [0.25, 0.3) is 0 Å². The van der Waals surface area contributed by atoms with Gasteiger partial charge >= 0.3 is 0 Å². The van der Waals surface area contributed by atoms with Gasteiger partial charge in [-0.25, -0.2) is 0 Å². The van der Waals surface area contributed by atoms with Gasteiger partial charge in [0, 0.05) is 57.0 Å². The molecule has 0 spiro atoms. The Hall–Kier alpha value is -1.11. The predicted molar refractivity (Wildman–Crippen MR) is 113 cm³/mol. The molecule has 2 N–H and O–H groups in total. The highest BCUT2D eigenvalue weighted by Gasteiger charge is 2.19. The van der Waals surface area contributed by atoms with Crippen LogP contribution < -0.4 is 10.6 Å². The van der Waals surface area contributed by atoms with Gasteiger partial charge in [-0.15, -0.1) is 0 Å². The highest BCUT2D eigenvalue weighted by atomic mass is 79.9. The van der Waals surface area contributed by atoms with Crippen LogP contribution in [0.25, 0.3) is 0 Å². The maximum Gasteiger partial charge on any atom is 0.191 e. The number of likely N-dealkylation sites (tertiary alicyclic amines) is 1. The molecule has 1 aromatic carbocycles. The molecular weight excluding hydrogens is 392 g/mol. The summed E-state index contributed by atoms with van der Waals surface area (Å²) < 4.78 is 6.51. The van der Waals surface area contributed by atoms with Crippen LogP contribution in [0.3, 0.4) is 0 Å². The third kappa shape index (κ3) is 8.06. The van der Waals surface area contributed by atoms with Gasteiger partial charge in [-0.05, 0) is 50.3 Å². The fraction of sp³-hybridized carbons (Fsp3) is 0.650. The molecule has 2 rings (SSSR count). The van der Waals surface area contributed by atoms with Crippen LogP contribution in [-0.4, -0.2) is 56.8 Å². The number of rotatable bonds is 9. The molecule has 1 aliphatic rings. The van der Waals surface area contributed by atoms with Crippen LogP contribution in [0.4, 0.5) is 0 Å². The van der Waals surface area contributed by atoms with Crippen LogP contribution in [0, 0.1) is 0 Å². The highest BCUT2D eigenvalue weighted by molar-refractivity contribution is 9.10. The maximum atomic E-state index is 5.37. The van der Waals surface area contributed by atoms with Crippen LogP contribution in [-0.2, 0) is 11.3 Å². The van der Waals surface area contributed by atoms with E-state index in [0.29, 0.717) is 6.04 Å². The Morgan fingerprint density at radius 1 is 1.23 bits per heavy atom. The topological polar surface area (TPSA) is 48.9 Å². The van der Waals surface area contributed by atoms with E-state index in [1.165, 1.54) is 5.56 Å². The Labute approximate surface area is 166 Å². The molecule has 1 fully saturated rings. The second-order valence-corrected chi connectivity index (χ2v) is 7.64. The molecule has 146 valence electrons. The van der Waals surface area contributed by atoms with E-state index < -0.39 is 0 Å². The SMILES string of the molecule is CCOCCCCNC(=NC)NC1CCN(Cc2ccc(Br)cc2)CC1. The van der Waals surface area contributed by atoms with Crippen LogP contribution in [0.1, 0.15) is 38.2 Å². The van der Waals surface area contributed by atoms with Gasteiger partial charge in [-0.1, -0.05) is 28.1 Å². The van der Waals surface area contributed by atoms with Crippen molar-refractivity contribution in [3.63, 3.8) is 0 Å². The minimum absolute atomic E-state index is 0.505. The zero-order chi connectivity index (χ0) is 18.6.